The van der Waals surface area contributed by atoms with Crippen LogP contribution in [0.2, 0.25) is 5.15 Å². The summed E-state index contributed by atoms with van der Waals surface area (Å²) in [4.78, 5) is 12.3. The predicted octanol–water partition coefficient (Wildman–Crippen LogP) is 1.89. The summed E-state index contributed by atoms with van der Waals surface area (Å²) in [6, 6.07) is 0. The normalized spacial score (nSPS) is 10.4. The molecule has 2 aromatic rings. The van der Waals surface area contributed by atoms with Crippen LogP contribution in [-0.2, 0) is 6.42 Å². The van der Waals surface area contributed by atoms with Gasteiger partial charge in [-0.05, 0) is 0 Å². The van der Waals surface area contributed by atoms with E-state index in [2.05, 4.69) is 15.0 Å². The number of hydrogen-bond acceptors (Lipinski definition) is 4. The molecule has 0 aliphatic heterocycles. The molecule has 0 amide bonds. The van der Waals surface area contributed by atoms with E-state index in [1.807, 2.05) is 17.7 Å². The summed E-state index contributed by atoms with van der Waals surface area (Å²) in [6.45, 7) is 2.02. The van der Waals surface area contributed by atoms with E-state index in [-0.39, 0.29) is 0 Å². The molecule has 2 heterocycles. The molecule has 0 saturated heterocycles. The smallest absolute Gasteiger partial charge is 0.199 e. The van der Waals surface area contributed by atoms with Crippen LogP contribution in [0, 0.1) is 0 Å². The van der Waals surface area contributed by atoms with Gasteiger partial charge in [-0.15, -0.1) is 0 Å². The SMILES string of the molecule is CCc1nccn1-c1ncnc(Cl)c1OC. The molecule has 0 fully saturated rings. The fraction of sp³-hybridized carbons (Fsp3) is 0.300. The Morgan fingerprint density at radius 3 is 2.88 bits per heavy atom. The van der Waals surface area contributed by atoms with Crippen LogP contribution in [-0.4, -0.2) is 26.6 Å². The number of rotatable bonds is 3. The average Bonchev–Trinajstić information content (AvgIpc) is 2.76. The minimum atomic E-state index is 0.295. The van der Waals surface area contributed by atoms with E-state index in [1.54, 1.807) is 6.20 Å². The molecule has 2 rings (SSSR count). The third-order valence-corrected chi connectivity index (χ3v) is 2.48. The number of imidazole rings is 1. The van der Waals surface area contributed by atoms with Crippen LogP contribution in [0.1, 0.15) is 12.7 Å². The number of methoxy groups -OCH3 is 1. The molecule has 0 aliphatic rings. The second-order valence-electron chi connectivity index (χ2n) is 3.09. The van der Waals surface area contributed by atoms with Crippen molar-refractivity contribution in [3.05, 3.63) is 29.7 Å². The van der Waals surface area contributed by atoms with Crippen molar-refractivity contribution < 1.29 is 4.74 Å². The Hall–Kier alpha value is -1.62. The molecule has 5 nitrogen and oxygen atoms in total. The molecule has 0 bridgehead atoms. The van der Waals surface area contributed by atoms with Crippen LogP contribution >= 0.6 is 11.6 Å². The van der Waals surface area contributed by atoms with Gasteiger partial charge in [-0.1, -0.05) is 18.5 Å². The van der Waals surface area contributed by atoms with Crippen molar-refractivity contribution in [1.29, 1.82) is 0 Å². The zero-order chi connectivity index (χ0) is 11.5. The molecule has 2 aromatic heterocycles. The predicted molar refractivity (Wildman–Crippen MR) is 60.1 cm³/mol. The Kier molecular flexibility index (Phi) is 3.05. The third-order valence-electron chi connectivity index (χ3n) is 2.21. The van der Waals surface area contributed by atoms with Crippen LogP contribution < -0.4 is 4.74 Å². The molecule has 0 spiro atoms. The van der Waals surface area contributed by atoms with E-state index < -0.39 is 0 Å². The molecule has 0 atom stereocenters. The van der Waals surface area contributed by atoms with E-state index in [4.69, 9.17) is 16.3 Å². The van der Waals surface area contributed by atoms with E-state index in [0.717, 1.165) is 12.2 Å². The Morgan fingerprint density at radius 1 is 1.38 bits per heavy atom. The Balaban J connectivity index is 2.60. The van der Waals surface area contributed by atoms with Crippen LogP contribution in [0.3, 0.4) is 0 Å². The number of aryl methyl sites for hydroxylation is 1. The van der Waals surface area contributed by atoms with Gasteiger partial charge in [-0.3, -0.25) is 4.57 Å². The lowest BCUT2D eigenvalue weighted by Crippen LogP contribution is -2.05. The third kappa shape index (κ3) is 1.74. The number of nitrogens with zero attached hydrogens (tertiary/aromatic N) is 4. The first-order valence-electron chi connectivity index (χ1n) is 4.85. The second-order valence-corrected chi connectivity index (χ2v) is 3.45. The van der Waals surface area contributed by atoms with Crippen molar-refractivity contribution in [2.75, 3.05) is 7.11 Å². The van der Waals surface area contributed by atoms with Crippen molar-refractivity contribution in [3.8, 4) is 11.6 Å². The van der Waals surface area contributed by atoms with Gasteiger partial charge in [0.15, 0.2) is 16.7 Å². The highest BCUT2D eigenvalue weighted by Gasteiger charge is 2.14. The Bertz CT molecular complexity index is 497. The molecule has 6 heteroatoms. The Morgan fingerprint density at radius 2 is 2.19 bits per heavy atom. The molecule has 0 aromatic carbocycles. The Labute approximate surface area is 98.1 Å². The highest BCUT2D eigenvalue weighted by Crippen LogP contribution is 2.27. The van der Waals surface area contributed by atoms with Crippen molar-refractivity contribution >= 4 is 11.6 Å². The molecule has 16 heavy (non-hydrogen) atoms. The van der Waals surface area contributed by atoms with Crippen molar-refractivity contribution in [2.24, 2.45) is 0 Å². The quantitative estimate of drug-likeness (QED) is 0.767. The fourth-order valence-electron chi connectivity index (χ4n) is 1.48. The maximum Gasteiger partial charge on any atom is 0.199 e. The summed E-state index contributed by atoms with van der Waals surface area (Å²) >= 11 is 5.93. The molecule has 0 aliphatic carbocycles. The first-order valence-corrected chi connectivity index (χ1v) is 5.22. The minimum absolute atomic E-state index is 0.295. The summed E-state index contributed by atoms with van der Waals surface area (Å²) in [5.74, 6) is 1.96. The highest BCUT2D eigenvalue weighted by molar-refractivity contribution is 6.31. The van der Waals surface area contributed by atoms with Crippen molar-refractivity contribution in [2.45, 2.75) is 13.3 Å². The average molecular weight is 239 g/mol. The number of halogens is 1. The topological polar surface area (TPSA) is 52.8 Å². The first kappa shape index (κ1) is 10.9. The zero-order valence-corrected chi connectivity index (χ0v) is 9.77. The van der Waals surface area contributed by atoms with E-state index in [1.165, 1.54) is 13.4 Å². The zero-order valence-electron chi connectivity index (χ0n) is 9.01. The van der Waals surface area contributed by atoms with Gasteiger partial charge in [-0.2, -0.15) is 0 Å². The molecular formula is C10H11ClN4O. The minimum Gasteiger partial charge on any atom is -0.490 e. The van der Waals surface area contributed by atoms with Gasteiger partial charge in [0.1, 0.15) is 12.2 Å². The number of aromatic nitrogens is 4. The lowest BCUT2D eigenvalue weighted by molar-refractivity contribution is 0.408. The lowest BCUT2D eigenvalue weighted by atomic mass is 10.4. The van der Waals surface area contributed by atoms with Crippen molar-refractivity contribution in [1.82, 2.24) is 19.5 Å². The first-order chi connectivity index (χ1) is 7.77. The lowest BCUT2D eigenvalue weighted by Gasteiger charge is -2.10. The number of ether oxygens (including phenoxy) is 1. The van der Waals surface area contributed by atoms with E-state index >= 15 is 0 Å². The summed E-state index contributed by atoms with van der Waals surface area (Å²) in [5, 5.41) is 0.295. The fourth-order valence-corrected chi connectivity index (χ4v) is 1.68. The standard InChI is InChI=1S/C10H11ClN4O/c1-3-7-12-4-5-15(7)10-8(16-2)9(11)13-6-14-10/h4-6H,3H2,1-2H3. The van der Waals surface area contributed by atoms with Crippen LogP contribution in [0.4, 0.5) is 0 Å². The van der Waals surface area contributed by atoms with Crippen LogP contribution in [0.25, 0.3) is 5.82 Å². The largest absolute Gasteiger partial charge is 0.490 e. The molecule has 0 radical (unpaired) electrons. The maximum atomic E-state index is 5.93. The van der Waals surface area contributed by atoms with Crippen LogP contribution in [0.15, 0.2) is 18.7 Å². The van der Waals surface area contributed by atoms with Gasteiger partial charge in [-0.25, -0.2) is 15.0 Å². The van der Waals surface area contributed by atoms with E-state index in [9.17, 15) is 0 Å². The number of hydrogen-bond donors (Lipinski definition) is 0. The summed E-state index contributed by atoms with van der Waals surface area (Å²) in [6.07, 6.45) is 5.74. The molecule has 0 saturated carbocycles. The maximum absolute atomic E-state index is 5.93. The summed E-state index contributed by atoms with van der Waals surface area (Å²) in [7, 11) is 1.54. The van der Waals surface area contributed by atoms with Crippen LogP contribution in [0.5, 0.6) is 5.75 Å². The van der Waals surface area contributed by atoms with Gasteiger partial charge in [0, 0.05) is 18.8 Å². The van der Waals surface area contributed by atoms with Gasteiger partial charge in [0.25, 0.3) is 0 Å². The monoisotopic (exact) mass is 238 g/mol. The van der Waals surface area contributed by atoms with Gasteiger partial charge in [0.05, 0.1) is 7.11 Å². The van der Waals surface area contributed by atoms with E-state index in [0.29, 0.717) is 16.7 Å². The molecular weight excluding hydrogens is 228 g/mol. The molecule has 84 valence electrons. The second kappa shape index (κ2) is 4.49. The summed E-state index contributed by atoms with van der Waals surface area (Å²) in [5.41, 5.74) is 0. The van der Waals surface area contributed by atoms with Gasteiger partial charge in [0.2, 0.25) is 0 Å². The van der Waals surface area contributed by atoms with Gasteiger partial charge < -0.3 is 4.74 Å². The van der Waals surface area contributed by atoms with Crippen molar-refractivity contribution in [3.63, 3.8) is 0 Å². The molecule has 0 unspecified atom stereocenters. The van der Waals surface area contributed by atoms with Gasteiger partial charge >= 0.3 is 0 Å². The highest BCUT2D eigenvalue weighted by atomic mass is 35.5. The molecule has 0 N–H and O–H groups in total. The summed E-state index contributed by atoms with van der Waals surface area (Å²) < 4.78 is 7.03.